The van der Waals surface area contributed by atoms with Crippen LogP contribution in [0, 0.1) is 35.5 Å². The summed E-state index contributed by atoms with van der Waals surface area (Å²) in [5.41, 5.74) is 0. The van der Waals surface area contributed by atoms with Crippen molar-refractivity contribution in [2.75, 3.05) is 13.2 Å². The van der Waals surface area contributed by atoms with Gasteiger partial charge in [-0.3, -0.25) is 0 Å². The van der Waals surface area contributed by atoms with Crippen LogP contribution in [0.5, 0.6) is 11.5 Å². The van der Waals surface area contributed by atoms with Gasteiger partial charge in [0.2, 0.25) is 0 Å². The number of unbranched alkanes of at least 4 members (excludes halogenated alkanes) is 2. The van der Waals surface area contributed by atoms with Crippen LogP contribution in [0.3, 0.4) is 0 Å². The van der Waals surface area contributed by atoms with Gasteiger partial charge in [0.25, 0.3) is 0 Å². The lowest BCUT2D eigenvalue weighted by Crippen LogP contribution is -2.19. The van der Waals surface area contributed by atoms with E-state index < -0.39 is 0 Å². The molecule has 0 bridgehead atoms. The molecule has 0 unspecified atom stereocenters. The van der Waals surface area contributed by atoms with Gasteiger partial charge < -0.3 is 9.47 Å². The van der Waals surface area contributed by atoms with Crippen molar-refractivity contribution in [1.29, 1.82) is 0 Å². The first-order valence-electron chi connectivity index (χ1n) is 13.8. The number of hydrogen-bond donors (Lipinski definition) is 0. The van der Waals surface area contributed by atoms with Gasteiger partial charge in [0.15, 0.2) is 0 Å². The molecule has 3 rings (SSSR count). The summed E-state index contributed by atoms with van der Waals surface area (Å²) in [4.78, 5) is 0. The SMILES string of the molecule is CCCCOc1ccc(OC[C@H]2CC[C@H](C#C/C=C/[C@H]3CC[C@H](CCCC)CC3)CC2)cc1. The first-order valence-corrected chi connectivity index (χ1v) is 13.8. The normalized spacial score (nSPS) is 25.4. The van der Waals surface area contributed by atoms with Crippen LogP contribution in [-0.2, 0) is 0 Å². The maximum absolute atomic E-state index is 6.05. The molecule has 2 heteroatoms. The molecule has 0 radical (unpaired) electrons. The van der Waals surface area contributed by atoms with Crippen LogP contribution in [-0.4, -0.2) is 13.2 Å². The Hall–Kier alpha value is -1.88. The molecule has 0 heterocycles. The van der Waals surface area contributed by atoms with E-state index in [1.54, 1.807) is 0 Å². The fourth-order valence-electron chi connectivity index (χ4n) is 5.17. The number of benzene rings is 1. The molecule has 0 amide bonds. The molecule has 2 aliphatic rings. The standard InChI is InChI=1S/C31H46O2/c1-3-5-9-26-12-14-27(15-13-26)10-7-8-11-28-16-18-29(19-17-28)25-33-31-22-20-30(21-23-31)32-24-6-4-2/h7,10,20-23,26-29H,3-6,9,12-19,24-25H2,1-2H3/b10-7+/t26-,27-,28-,29-. The predicted molar refractivity (Wildman–Crippen MR) is 140 cm³/mol. The second kappa shape index (κ2) is 15.1. The van der Waals surface area contributed by atoms with Crippen LogP contribution in [0.2, 0.25) is 0 Å². The summed E-state index contributed by atoms with van der Waals surface area (Å²) in [6, 6.07) is 8.09. The molecule has 2 fully saturated rings. The summed E-state index contributed by atoms with van der Waals surface area (Å²) in [5.74, 6) is 11.8. The molecular formula is C31H46O2. The lowest BCUT2D eigenvalue weighted by Gasteiger charge is -2.26. The molecule has 1 aromatic carbocycles. The maximum atomic E-state index is 6.05. The van der Waals surface area contributed by atoms with Gasteiger partial charge in [-0.1, -0.05) is 57.4 Å². The third kappa shape index (κ3) is 9.87. The molecule has 2 nitrogen and oxygen atoms in total. The van der Waals surface area contributed by atoms with Gasteiger partial charge in [-0.2, -0.15) is 0 Å². The van der Waals surface area contributed by atoms with Crippen molar-refractivity contribution in [1.82, 2.24) is 0 Å². The van der Waals surface area contributed by atoms with Gasteiger partial charge in [-0.15, -0.1) is 0 Å². The summed E-state index contributed by atoms with van der Waals surface area (Å²) >= 11 is 0. The topological polar surface area (TPSA) is 18.5 Å². The zero-order valence-corrected chi connectivity index (χ0v) is 21.2. The molecule has 0 saturated heterocycles. The monoisotopic (exact) mass is 450 g/mol. The van der Waals surface area contributed by atoms with Gasteiger partial charge >= 0.3 is 0 Å². The van der Waals surface area contributed by atoms with Crippen molar-refractivity contribution >= 4 is 0 Å². The molecule has 1 aromatic rings. The van der Waals surface area contributed by atoms with Crippen LogP contribution in [0.4, 0.5) is 0 Å². The fourth-order valence-corrected chi connectivity index (χ4v) is 5.17. The van der Waals surface area contributed by atoms with Gasteiger partial charge in [0, 0.05) is 5.92 Å². The Balaban J connectivity index is 1.28. The van der Waals surface area contributed by atoms with Gasteiger partial charge in [-0.05, 0) is 106 Å². The summed E-state index contributed by atoms with van der Waals surface area (Å²) in [6.45, 7) is 6.09. The molecule has 182 valence electrons. The van der Waals surface area contributed by atoms with Crippen LogP contribution >= 0.6 is 0 Å². The minimum Gasteiger partial charge on any atom is -0.494 e. The molecule has 0 spiro atoms. The highest BCUT2D eigenvalue weighted by Gasteiger charge is 2.21. The minimum atomic E-state index is 0.565. The van der Waals surface area contributed by atoms with E-state index >= 15 is 0 Å². The number of rotatable bonds is 11. The average Bonchev–Trinajstić information content (AvgIpc) is 2.86. The number of ether oxygens (including phenoxy) is 2. The van der Waals surface area contributed by atoms with Crippen LogP contribution in [0.25, 0.3) is 0 Å². The van der Waals surface area contributed by atoms with E-state index in [1.807, 2.05) is 24.3 Å². The Morgan fingerprint density at radius 3 is 2.09 bits per heavy atom. The van der Waals surface area contributed by atoms with Gasteiger partial charge in [-0.25, -0.2) is 0 Å². The zero-order chi connectivity index (χ0) is 23.1. The van der Waals surface area contributed by atoms with Crippen LogP contribution < -0.4 is 9.47 Å². The Morgan fingerprint density at radius 2 is 1.42 bits per heavy atom. The highest BCUT2D eigenvalue weighted by molar-refractivity contribution is 5.31. The first-order chi connectivity index (χ1) is 16.3. The third-order valence-corrected chi connectivity index (χ3v) is 7.52. The quantitative estimate of drug-likeness (QED) is 0.248. The molecule has 33 heavy (non-hydrogen) atoms. The third-order valence-electron chi connectivity index (χ3n) is 7.52. The van der Waals surface area contributed by atoms with E-state index in [0.717, 1.165) is 49.4 Å². The smallest absolute Gasteiger partial charge is 0.119 e. The van der Waals surface area contributed by atoms with Gasteiger partial charge in [0.05, 0.1) is 13.2 Å². The van der Waals surface area contributed by atoms with Crippen LogP contribution in [0.1, 0.15) is 97.3 Å². The summed E-state index contributed by atoms with van der Waals surface area (Å²) < 4.78 is 11.8. The van der Waals surface area contributed by atoms with Crippen molar-refractivity contribution in [3.63, 3.8) is 0 Å². The van der Waals surface area contributed by atoms with E-state index in [-0.39, 0.29) is 0 Å². The number of allylic oxidation sites excluding steroid dienone is 2. The van der Waals surface area contributed by atoms with Crippen LogP contribution in [0.15, 0.2) is 36.4 Å². The Bertz CT molecular complexity index is 722. The van der Waals surface area contributed by atoms with Crippen molar-refractivity contribution in [2.24, 2.45) is 23.7 Å². The Morgan fingerprint density at radius 1 is 0.788 bits per heavy atom. The molecular weight excluding hydrogens is 404 g/mol. The second-order valence-corrected chi connectivity index (χ2v) is 10.3. The molecule has 2 saturated carbocycles. The Kier molecular flexibility index (Phi) is 11.8. The van der Waals surface area contributed by atoms with E-state index in [1.165, 1.54) is 70.6 Å². The molecule has 0 aliphatic heterocycles. The van der Waals surface area contributed by atoms with Crippen molar-refractivity contribution in [2.45, 2.75) is 97.3 Å². The predicted octanol–water partition coefficient (Wildman–Crippen LogP) is 8.61. The molecule has 2 aliphatic carbocycles. The van der Waals surface area contributed by atoms with E-state index in [0.29, 0.717) is 11.8 Å². The Labute approximate surface area is 203 Å². The minimum absolute atomic E-state index is 0.565. The maximum Gasteiger partial charge on any atom is 0.119 e. The average molecular weight is 451 g/mol. The lowest BCUT2D eigenvalue weighted by atomic mass is 9.80. The van der Waals surface area contributed by atoms with E-state index in [4.69, 9.17) is 9.47 Å². The molecule has 0 atom stereocenters. The highest BCUT2D eigenvalue weighted by atomic mass is 16.5. The summed E-state index contributed by atoms with van der Waals surface area (Å²) in [7, 11) is 0. The zero-order valence-electron chi connectivity index (χ0n) is 21.2. The highest BCUT2D eigenvalue weighted by Crippen LogP contribution is 2.32. The second-order valence-electron chi connectivity index (χ2n) is 10.3. The van der Waals surface area contributed by atoms with Gasteiger partial charge in [0.1, 0.15) is 11.5 Å². The fraction of sp³-hybridized carbons (Fsp3) is 0.677. The molecule has 0 N–H and O–H groups in total. The number of hydrogen-bond acceptors (Lipinski definition) is 2. The van der Waals surface area contributed by atoms with Crippen molar-refractivity contribution < 1.29 is 9.47 Å². The van der Waals surface area contributed by atoms with E-state index in [2.05, 4.69) is 37.8 Å². The van der Waals surface area contributed by atoms with E-state index in [9.17, 15) is 0 Å². The van der Waals surface area contributed by atoms with Crippen molar-refractivity contribution in [3.8, 4) is 23.3 Å². The first kappa shape index (κ1) is 25.7. The largest absolute Gasteiger partial charge is 0.494 e. The summed E-state index contributed by atoms with van der Waals surface area (Å²) in [6.07, 6.45) is 21.4. The lowest BCUT2D eigenvalue weighted by molar-refractivity contribution is 0.196. The summed E-state index contributed by atoms with van der Waals surface area (Å²) in [5, 5.41) is 0. The van der Waals surface area contributed by atoms with Crippen molar-refractivity contribution in [3.05, 3.63) is 36.4 Å². The molecule has 0 aromatic heterocycles.